The second-order valence-corrected chi connectivity index (χ2v) is 5.26. The van der Waals surface area contributed by atoms with Crippen molar-refractivity contribution >= 4 is 5.91 Å². The molecule has 1 aliphatic heterocycles. The summed E-state index contributed by atoms with van der Waals surface area (Å²) in [5, 5.41) is 4.35. The molecule has 0 aliphatic carbocycles. The summed E-state index contributed by atoms with van der Waals surface area (Å²) in [7, 11) is 1.64. The Morgan fingerprint density at radius 2 is 2.30 bits per heavy atom. The first-order valence-electron chi connectivity index (χ1n) is 7.23. The normalized spacial score (nSPS) is 23.4. The Labute approximate surface area is 119 Å². The largest absolute Gasteiger partial charge is 0.383 e. The first kappa shape index (κ1) is 15.0. The minimum absolute atomic E-state index is 0.0381. The number of hydrogen-bond acceptors (Lipinski definition) is 4. The van der Waals surface area contributed by atoms with E-state index in [2.05, 4.69) is 12.0 Å². The molecule has 0 spiro atoms. The van der Waals surface area contributed by atoms with Gasteiger partial charge in [0, 0.05) is 44.4 Å². The van der Waals surface area contributed by atoms with E-state index in [1.165, 1.54) is 0 Å². The lowest BCUT2D eigenvalue weighted by molar-refractivity contribution is -0.138. The fourth-order valence-electron chi connectivity index (χ4n) is 2.74. The van der Waals surface area contributed by atoms with Gasteiger partial charge in [-0.1, -0.05) is 6.92 Å². The third-order valence-corrected chi connectivity index (χ3v) is 3.74. The van der Waals surface area contributed by atoms with E-state index in [1.54, 1.807) is 7.11 Å². The van der Waals surface area contributed by atoms with E-state index >= 15 is 0 Å². The standard InChI is InChI=1S/C14H24N4O2/c1-3-6-17-10-11(9-16-17)14-12(15)4-5-13(19)18(14)7-8-20-2/h9-10,12,14H,3-8,15H2,1-2H3. The van der Waals surface area contributed by atoms with Gasteiger partial charge in [-0.3, -0.25) is 9.48 Å². The van der Waals surface area contributed by atoms with Gasteiger partial charge in [-0.2, -0.15) is 5.10 Å². The molecule has 2 heterocycles. The van der Waals surface area contributed by atoms with Crippen molar-refractivity contribution in [1.29, 1.82) is 0 Å². The highest BCUT2D eigenvalue weighted by Crippen LogP contribution is 2.30. The molecule has 0 bridgehead atoms. The van der Waals surface area contributed by atoms with Crippen LogP contribution in [-0.2, 0) is 16.1 Å². The third-order valence-electron chi connectivity index (χ3n) is 3.74. The molecule has 1 aliphatic rings. The molecule has 1 aromatic heterocycles. The van der Waals surface area contributed by atoms with E-state index in [-0.39, 0.29) is 18.0 Å². The van der Waals surface area contributed by atoms with Gasteiger partial charge in [-0.25, -0.2) is 0 Å². The summed E-state index contributed by atoms with van der Waals surface area (Å²) in [4.78, 5) is 14.0. The summed E-state index contributed by atoms with van der Waals surface area (Å²) in [6.45, 7) is 4.10. The number of methoxy groups -OCH3 is 1. The van der Waals surface area contributed by atoms with Gasteiger partial charge >= 0.3 is 0 Å². The van der Waals surface area contributed by atoms with Gasteiger partial charge in [-0.05, 0) is 12.8 Å². The maximum absolute atomic E-state index is 12.1. The Kier molecular flexibility index (Phi) is 5.14. The molecule has 1 aromatic rings. The molecule has 6 heteroatoms. The highest BCUT2D eigenvalue weighted by molar-refractivity contribution is 5.77. The van der Waals surface area contributed by atoms with Gasteiger partial charge in [0.2, 0.25) is 5.91 Å². The van der Waals surface area contributed by atoms with Crippen molar-refractivity contribution in [2.75, 3.05) is 20.3 Å². The molecule has 2 atom stereocenters. The van der Waals surface area contributed by atoms with Crippen molar-refractivity contribution in [2.45, 2.75) is 44.8 Å². The molecule has 1 fully saturated rings. The number of aryl methyl sites for hydroxylation is 1. The Bertz CT molecular complexity index is 446. The summed E-state index contributed by atoms with van der Waals surface area (Å²) in [5.74, 6) is 0.150. The highest BCUT2D eigenvalue weighted by atomic mass is 16.5. The van der Waals surface area contributed by atoms with Crippen LogP contribution in [0.4, 0.5) is 0 Å². The van der Waals surface area contributed by atoms with E-state index in [9.17, 15) is 4.79 Å². The number of piperidine rings is 1. The van der Waals surface area contributed by atoms with Gasteiger partial charge in [0.15, 0.2) is 0 Å². The van der Waals surface area contributed by atoms with Crippen LogP contribution in [0.25, 0.3) is 0 Å². The lowest BCUT2D eigenvalue weighted by atomic mass is 9.92. The van der Waals surface area contributed by atoms with Gasteiger partial charge in [-0.15, -0.1) is 0 Å². The number of carbonyl (C=O) groups excluding carboxylic acids is 1. The topological polar surface area (TPSA) is 73.4 Å². The quantitative estimate of drug-likeness (QED) is 0.841. The summed E-state index contributed by atoms with van der Waals surface area (Å²) < 4.78 is 7.01. The van der Waals surface area contributed by atoms with E-state index in [1.807, 2.05) is 22.0 Å². The predicted octanol–water partition coefficient (Wildman–Crippen LogP) is 0.930. The molecule has 20 heavy (non-hydrogen) atoms. The number of ether oxygens (including phenoxy) is 1. The minimum Gasteiger partial charge on any atom is -0.383 e. The molecule has 0 radical (unpaired) electrons. The molecule has 0 aromatic carbocycles. The van der Waals surface area contributed by atoms with Crippen molar-refractivity contribution < 1.29 is 9.53 Å². The smallest absolute Gasteiger partial charge is 0.223 e. The van der Waals surface area contributed by atoms with Crippen LogP contribution in [0.3, 0.4) is 0 Å². The van der Waals surface area contributed by atoms with Gasteiger partial charge < -0.3 is 15.4 Å². The SMILES string of the molecule is CCCn1cc(C2C(N)CCC(=O)N2CCOC)cn1. The molecular formula is C14H24N4O2. The highest BCUT2D eigenvalue weighted by Gasteiger charge is 2.35. The van der Waals surface area contributed by atoms with E-state index in [0.717, 1.165) is 24.9 Å². The van der Waals surface area contributed by atoms with E-state index in [0.29, 0.717) is 19.6 Å². The molecule has 6 nitrogen and oxygen atoms in total. The zero-order chi connectivity index (χ0) is 14.5. The Morgan fingerprint density at radius 1 is 1.50 bits per heavy atom. The van der Waals surface area contributed by atoms with Crippen LogP contribution >= 0.6 is 0 Å². The zero-order valence-corrected chi connectivity index (χ0v) is 12.3. The summed E-state index contributed by atoms with van der Waals surface area (Å²) in [5.41, 5.74) is 7.27. The molecule has 112 valence electrons. The van der Waals surface area contributed by atoms with Crippen LogP contribution in [0.5, 0.6) is 0 Å². The predicted molar refractivity (Wildman–Crippen MR) is 76.1 cm³/mol. The van der Waals surface area contributed by atoms with Crippen molar-refractivity contribution in [1.82, 2.24) is 14.7 Å². The van der Waals surface area contributed by atoms with Crippen molar-refractivity contribution in [3.63, 3.8) is 0 Å². The second kappa shape index (κ2) is 6.85. The maximum atomic E-state index is 12.1. The molecule has 1 amide bonds. The average Bonchev–Trinajstić information content (AvgIpc) is 2.88. The number of rotatable bonds is 6. The second-order valence-electron chi connectivity index (χ2n) is 5.26. The lowest BCUT2D eigenvalue weighted by Crippen LogP contribution is -2.49. The molecular weight excluding hydrogens is 256 g/mol. The number of nitrogens with zero attached hydrogens (tertiary/aromatic N) is 3. The number of carbonyl (C=O) groups is 1. The summed E-state index contributed by atoms with van der Waals surface area (Å²) in [6, 6.07) is -0.124. The van der Waals surface area contributed by atoms with Crippen LogP contribution in [0.15, 0.2) is 12.4 Å². The molecule has 2 unspecified atom stereocenters. The van der Waals surface area contributed by atoms with Gasteiger partial charge in [0.25, 0.3) is 0 Å². The van der Waals surface area contributed by atoms with Crippen LogP contribution in [0.1, 0.15) is 37.8 Å². The average molecular weight is 280 g/mol. The van der Waals surface area contributed by atoms with Crippen molar-refractivity contribution in [3.05, 3.63) is 18.0 Å². The first-order valence-corrected chi connectivity index (χ1v) is 7.23. The molecule has 2 rings (SSSR count). The van der Waals surface area contributed by atoms with Crippen LogP contribution < -0.4 is 5.73 Å². The number of nitrogens with two attached hydrogens (primary N) is 1. The molecule has 2 N–H and O–H groups in total. The third kappa shape index (κ3) is 3.19. The monoisotopic (exact) mass is 280 g/mol. The van der Waals surface area contributed by atoms with Crippen LogP contribution in [0, 0.1) is 0 Å². The number of hydrogen-bond donors (Lipinski definition) is 1. The van der Waals surface area contributed by atoms with Crippen molar-refractivity contribution in [2.24, 2.45) is 5.73 Å². The van der Waals surface area contributed by atoms with Crippen LogP contribution in [-0.4, -0.2) is 46.9 Å². The maximum Gasteiger partial charge on any atom is 0.223 e. The lowest BCUT2D eigenvalue weighted by Gasteiger charge is -2.39. The van der Waals surface area contributed by atoms with E-state index < -0.39 is 0 Å². The van der Waals surface area contributed by atoms with Gasteiger partial charge in [0.1, 0.15) is 0 Å². The number of likely N-dealkylation sites (tertiary alicyclic amines) is 1. The van der Waals surface area contributed by atoms with Crippen molar-refractivity contribution in [3.8, 4) is 0 Å². The fraction of sp³-hybridized carbons (Fsp3) is 0.714. The number of amides is 1. The zero-order valence-electron chi connectivity index (χ0n) is 12.3. The molecule has 0 saturated carbocycles. The van der Waals surface area contributed by atoms with Gasteiger partial charge in [0.05, 0.1) is 18.8 Å². The number of aromatic nitrogens is 2. The summed E-state index contributed by atoms with van der Waals surface area (Å²) >= 11 is 0. The Morgan fingerprint density at radius 3 is 3.00 bits per heavy atom. The Hall–Kier alpha value is -1.40. The fourth-order valence-corrected chi connectivity index (χ4v) is 2.74. The summed E-state index contributed by atoms with van der Waals surface area (Å²) in [6.07, 6.45) is 6.12. The molecule has 1 saturated heterocycles. The van der Waals surface area contributed by atoms with Crippen LogP contribution in [0.2, 0.25) is 0 Å². The first-order chi connectivity index (χ1) is 9.67. The Balaban J connectivity index is 2.19. The minimum atomic E-state index is -0.0861. The van der Waals surface area contributed by atoms with E-state index in [4.69, 9.17) is 10.5 Å².